The van der Waals surface area contributed by atoms with Crippen molar-refractivity contribution in [2.75, 3.05) is 13.1 Å². The number of carbonyl (C=O) groups excluding carboxylic acids is 1. The Hall–Kier alpha value is -1.13. The highest BCUT2D eigenvalue weighted by Gasteiger charge is 2.32. The van der Waals surface area contributed by atoms with Crippen molar-refractivity contribution in [1.82, 2.24) is 15.2 Å². The van der Waals surface area contributed by atoms with Gasteiger partial charge >= 0.3 is 0 Å². The molecule has 0 unspecified atom stereocenters. The average molecular weight is 280 g/mol. The molecule has 1 aliphatic carbocycles. The first kappa shape index (κ1) is 12.9. The molecule has 1 N–H and O–H groups in total. The van der Waals surface area contributed by atoms with E-state index in [-0.39, 0.29) is 11.9 Å². The quantitative estimate of drug-likeness (QED) is 0.862. The minimum atomic E-state index is -0.0471. The van der Waals surface area contributed by atoms with Crippen LogP contribution in [0, 0.1) is 0 Å². The standard InChI is InChI=1S/C14H18ClN3O/c15-13-9-10(3-6-16-13)14(19)17-11-4-7-18(8-5-11)12-1-2-12/h3,6,9,11-12H,1-2,4-5,7-8H2,(H,17,19). The van der Waals surface area contributed by atoms with Crippen molar-refractivity contribution < 1.29 is 4.79 Å². The smallest absolute Gasteiger partial charge is 0.251 e. The monoisotopic (exact) mass is 279 g/mol. The Balaban J connectivity index is 1.52. The number of carbonyl (C=O) groups is 1. The van der Waals surface area contributed by atoms with Gasteiger partial charge in [0.25, 0.3) is 5.91 Å². The number of halogens is 1. The van der Waals surface area contributed by atoms with Gasteiger partial charge in [-0.05, 0) is 37.8 Å². The summed E-state index contributed by atoms with van der Waals surface area (Å²) in [5, 5.41) is 3.45. The maximum atomic E-state index is 12.1. The number of aromatic nitrogens is 1. The lowest BCUT2D eigenvalue weighted by atomic mass is 10.0. The summed E-state index contributed by atoms with van der Waals surface area (Å²) in [5.41, 5.74) is 0.588. The SMILES string of the molecule is O=C(NC1CCN(C2CC2)CC1)c1ccnc(Cl)c1. The van der Waals surface area contributed by atoms with Crippen LogP contribution in [0.2, 0.25) is 5.15 Å². The number of likely N-dealkylation sites (tertiary alicyclic amines) is 1. The van der Waals surface area contributed by atoms with Crippen molar-refractivity contribution >= 4 is 17.5 Å². The number of pyridine rings is 1. The fourth-order valence-electron chi connectivity index (χ4n) is 2.66. The van der Waals surface area contributed by atoms with Crippen molar-refractivity contribution in [3.63, 3.8) is 0 Å². The van der Waals surface area contributed by atoms with Gasteiger partial charge in [-0.15, -0.1) is 0 Å². The fraction of sp³-hybridized carbons (Fsp3) is 0.571. The van der Waals surface area contributed by atoms with Crippen LogP contribution in [0.5, 0.6) is 0 Å². The number of piperidine rings is 1. The van der Waals surface area contributed by atoms with E-state index in [1.807, 2.05) is 0 Å². The van der Waals surface area contributed by atoms with Gasteiger partial charge in [0.2, 0.25) is 0 Å². The second kappa shape index (κ2) is 5.47. The fourth-order valence-corrected chi connectivity index (χ4v) is 2.83. The molecular weight excluding hydrogens is 262 g/mol. The third kappa shape index (κ3) is 3.25. The van der Waals surface area contributed by atoms with Crippen LogP contribution in [0.4, 0.5) is 0 Å². The molecule has 1 saturated carbocycles. The first-order valence-corrected chi connectivity index (χ1v) is 7.26. The molecule has 3 rings (SSSR count). The van der Waals surface area contributed by atoms with Gasteiger partial charge in [0.15, 0.2) is 0 Å². The molecule has 1 amide bonds. The molecule has 1 aromatic heterocycles. The Labute approximate surface area is 118 Å². The van der Waals surface area contributed by atoms with E-state index >= 15 is 0 Å². The van der Waals surface area contributed by atoms with Gasteiger partial charge < -0.3 is 10.2 Å². The maximum Gasteiger partial charge on any atom is 0.251 e. The highest BCUT2D eigenvalue weighted by molar-refractivity contribution is 6.29. The second-order valence-electron chi connectivity index (χ2n) is 5.38. The van der Waals surface area contributed by atoms with Gasteiger partial charge in [-0.2, -0.15) is 0 Å². The Kier molecular flexibility index (Phi) is 3.71. The summed E-state index contributed by atoms with van der Waals surface area (Å²) >= 11 is 5.79. The summed E-state index contributed by atoms with van der Waals surface area (Å²) in [4.78, 5) is 18.5. The van der Waals surface area contributed by atoms with E-state index in [2.05, 4.69) is 15.2 Å². The van der Waals surface area contributed by atoms with Gasteiger partial charge in [-0.1, -0.05) is 11.6 Å². The van der Waals surface area contributed by atoms with Crippen LogP contribution in [-0.2, 0) is 0 Å². The molecule has 0 radical (unpaired) electrons. The van der Waals surface area contributed by atoms with E-state index < -0.39 is 0 Å². The van der Waals surface area contributed by atoms with E-state index in [1.54, 1.807) is 18.3 Å². The lowest BCUT2D eigenvalue weighted by Gasteiger charge is -2.32. The van der Waals surface area contributed by atoms with E-state index in [1.165, 1.54) is 12.8 Å². The highest BCUT2D eigenvalue weighted by Crippen LogP contribution is 2.29. The molecule has 2 heterocycles. The summed E-state index contributed by atoms with van der Waals surface area (Å²) < 4.78 is 0. The van der Waals surface area contributed by atoms with Crippen LogP contribution in [0.1, 0.15) is 36.0 Å². The predicted octanol–water partition coefficient (Wildman–Crippen LogP) is 2.09. The van der Waals surface area contributed by atoms with Gasteiger partial charge in [-0.25, -0.2) is 4.98 Å². The minimum Gasteiger partial charge on any atom is -0.349 e. The van der Waals surface area contributed by atoms with Crippen LogP contribution in [0.25, 0.3) is 0 Å². The predicted molar refractivity (Wildman–Crippen MR) is 74.3 cm³/mol. The molecule has 102 valence electrons. The van der Waals surface area contributed by atoms with E-state index in [4.69, 9.17) is 11.6 Å². The van der Waals surface area contributed by atoms with Crippen molar-refractivity contribution in [3.8, 4) is 0 Å². The highest BCUT2D eigenvalue weighted by atomic mass is 35.5. The molecule has 2 aliphatic rings. The van der Waals surface area contributed by atoms with Crippen molar-refractivity contribution in [2.24, 2.45) is 0 Å². The molecule has 0 spiro atoms. The number of amides is 1. The van der Waals surface area contributed by atoms with Gasteiger partial charge in [0.05, 0.1) is 0 Å². The van der Waals surface area contributed by atoms with Crippen LogP contribution >= 0.6 is 11.6 Å². The van der Waals surface area contributed by atoms with Crippen LogP contribution in [0.15, 0.2) is 18.3 Å². The Morgan fingerprint density at radius 3 is 2.68 bits per heavy atom. The van der Waals surface area contributed by atoms with Gasteiger partial charge in [-0.3, -0.25) is 4.79 Å². The number of nitrogens with zero attached hydrogens (tertiary/aromatic N) is 2. The molecule has 0 bridgehead atoms. The number of hydrogen-bond donors (Lipinski definition) is 1. The Morgan fingerprint density at radius 1 is 1.32 bits per heavy atom. The summed E-state index contributed by atoms with van der Waals surface area (Å²) in [6, 6.07) is 4.42. The number of rotatable bonds is 3. The lowest BCUT2D eigenvalue weighted by molar-refractivity contribution is 0.0909. The van der Waals surface area contributed by atoms with Crippen LogP contribution in [-0.4, -0.2) is 41.0 Å². The maximum absolute atomic E-state index is 12.1. The van der Waals surface area contributed by atoms with Gasteiger partial charge in [0, 0.05) is 36.9 Å². The third-order valence-electron chi connectivity index (χ3n) is 3.92. The van der Waals surface area contributed by atoms with Crippen molar-refractivity contribution in [2.45, 2.75) is 37.8 Å². The van der Waals surface area contributed by atoms with Crippen molar-refractivity contribution in [1.29, 1.82) is 0 Å². The topological polar surface area (TPSA) is 45.2 Å². The summed E-state index contributed by atoms with van der Waals surface area (Å²) in [6.45, 7) is 2.21. The summed E-state index contributed by atoms with van der Waals surface area (Å²) in [5.74, 6) is -0.0471. The van der Waals surface area contributed by atoms with Crippen LogP contribution < -0.4 is 5.32 Å². The zero-order valence-corrected chi connectivity index (χ0v) is 11.6. The molecule has 0 atom stereocenters. The van der Waals surface area contributed by atoms with E-state index in [0.717, 1.165) is 32.0 Å². The Bertz CT molecular complexity index is 468. The number of hydrogen-bond acceptors (Lipinski definition) is 3. The van der Waals surface area contributed by atoms with E-state index in [9.17, 15) is 4.79 Å². The zero-order chi connectivity index (χ0) is 13.2. The molecule has 5 heteroatoms. The largest absolute Gasteiger partial charge is 0.349 e. The molecule has 2 fully saturated rings. The normalized spacial score (nSPS) is 21.3. The molecule has 19 heavy (non-hydrogen) atoms. The molecule has 1 saturated heterocycles. The third-order valence-corrected chi connectivity index (χ3v) is 4.12. The summed E-state index contributed by atoms with van der Waals surface area (Å²) in [6.07, 6.45) is 6.36. The lowest BCUT2D eigenvalue weighted by Crippen LogP contribution is -2.45. The van der Waals surface area contributed by atoms with Crippen LogP contribution in [0.3, 0.4) is 0 Å². The second-order valence-corrected chi connectivity index (χ2v) is 5.77. The first-order chi connectivity index (χ1) is 9.22. The molecule has 1 aromatic rings. The summed E-state index contributed by atoms with van der Waals surface area (Å²) in [7, 11) is 0. The first-order valence-electron chi connectivity index (χ1n) is 6.89. The Morgan fingerprint density at radius 2 is 2.05 bits per heavy atom. The number of nitrogens with one attached hydrogen (secondary N) is 1. The average Bonchev–Trinajstić information content (AvgIpc) is 3.24. The van der Waals surface area contributed by atoms with Crippen molar-refractivity contribution in [3.05, 3.63) is 29.0 Å². The molecule has 1 aliphatic heterocycles. The molecule has 4 nitrogen and oxygen atoms in total. The minimum absolute atomic E-state index is 0.0471. The van der Waals surface area contributed by atoms with Gasteiger partial charge in [0.1, 0.15) is 5.15 Å². The van der Waals surface area contributed by atoms with E-state index in [0.29, 0.717) is 10.7 Å². The molecule has 0 aromatic carbocycles. The zero-order valence-electron chi connectivity index (χ0n) is 10.8. The molecular formula is C14H18ClN3O.